The summed E-state index contributed by atoms with van der Waals surface area (Å²) in [5, 5.41) is 2.28. The van der Waals surface area contributed by atoms with Crippen molar-refractivity contribution < 1.29 is 13.0 Å². The van der Waals surface area contributed by atoms with Gasteiger partial charge in [0.25, 0.3) is 10.1 Å². The third-order valence-corrected chi connectivity index (χ3v) is 4.60. The first-order valence-electron chi connectivity index (χ1n) is 6.18. The van der Waals surface area contributed by atoms with E-state index in [-0.39, 0.29) is 4.90 Å². The van der Waals surface area contributed by atoms with E-state index in [4.69, 9.17) is 0 Å². The maximum absolute atomic E-state index is 11.3. The van der Waals surface area contributed by atoms with Gasteiger partial charge in [0.2, 0.25) is 0 Å². The van der Waals surface area contributed by atoms with Crippen LogP contribution in [0.2, 0.25) is 0 Å². The quantitative estimate of drug-likeness (QED) is 0.541. The zero-order valence-corrected chi connectivity index (χ0v) is 11.2. The molecule has 0 saturated carbocycles. The third kappa shape index (κ3) is 1.59. The van der Waals surface area contributed by atoms with E-state index >= 15 is 0 Å². The molecule has 0 aromatic heterocycles. The van der Waals surface area contributed by atoms with E-state index in [0.717, 1.165) is 33.0 Å². The molecule has 0 heterocycles. The van der Waals surface area contributed by atoms with Crippen LogP contribution in [0.4, 0.5) is 0 Å². The van der Waals surface area contributed by atoms with Gasteiger partial charge in [0.15, 0.2) is 0 Å². The summed E-state index contributed by atoms with van der Waals surface area (Å²) in [6.07, 6.45) is 0. The van der Waals surface area contributed by atoms with Crippen molar-refractivity contribution in [3.63, 3.8) is 0 Å². The summed E-state index contributed by atoms with van der Waals surface area (Å²) < 4.78 is 31.8. The van der Waals surface area contributed by atoms with E-state index in [2.05, 4.69) is 12.1 Å². The van der Waals surface area contributed by atoms with Crippen LogP contribution in [0.1, 0.15) is 0 Å². The second-order valence-corrected chi connectivity index (χ2v) is 6.38. The van der Waals surface area contributed by atoms with Crippen LogP contribution in [0, 0.1) is 0 Å². The molecule has 20 heavy (non-hydrogen) atoms. The summed E-state index contributed by atoms with van der Waals surface area (Å²) in [5.41, 5.74) is 3.80. The van der Waals surface area contributed by atoms with E-state index in [1.807, 2.05) is 24.3 Å². The fourth-order valence-corrected chi connectivity index (χ4v) is 3.26. The van der Waals surface area contributed by atoms with Gasteiger partial charge in [-0.25, -0.2) is 0 Å². The fourth-order valence-electron chi connectivity index (χ4n) is 2.76. The minimum absolute atomic E-state index is 0.0775. The molecule has 0 unspecified atom stereocenters. The van der Waals surface area contributed by atoms with Crippen molar-refractivity contribution in [1.29, 1.82) is 0 Å². The van der Waals surface area contributed by atoms with Gasteiger partial charge in [-0.15, -0.1) is 0 Å². The van der Waals surface area contributed by atoms with Crippen LogP contribution < -0.4 is 0 Å². The highest BCUT2D eigenvalue weighted by molar-refractivity contribution is 7.85. The number of fused-ring (bicyclic) bond motifs is 5. The molecule has 3 bridgehead atoms. The van der Waals surface area contributed by atoms with Crippen LogP contribution in [0.25, 0.3) is 33.0 Å². The molecule has 3 aromatic carbocycles. The molecule has 0 fully saturated rings. The predicted octanol–water partition coefficient (Wildman–Crippen LogP) is 3.73. The fraction of sp³-hybridized carbons (Fsp3) is 0. The maximum Gasteiger partial charge on any atom is 0.294 e. The Kier molecular flexibility index (Phi) is 2.14. The molecule has 0 aliphatic heterocycles. The van der Waals surface area contributed by atoms with Gasteiger partial charge in [-0.1, -0.05) is 30.3 Å². The largest absolute Gasteiger partial charge is 0.294 e. The first kappa shape index (κ1) is 11.6. The lowest BCUT2D eigenvalue weighted by molar-refractivity contribution is 0.483. The van der Waals surface area contributed by atoms with Crippen molar-refractivity contribution in [3.05, 3.63) is 54.6 Å². The average molecular weight is 282 g/mol. The van der Waals surface area contributed by atoms with Gasteiger partial charge in [-0.3, -0.25) is 4.55 Å². The molecule has 3 nitrogen and oxygen atoms in total. The molecular formula is C16H10O3S. The van der Waals surface area contributed by atoms with Crippen molar-refractivity contribution in [2.75, 3.05) is 0 Å². The Hall–Kier alpha value is -2.17. The Morgan fingerprint density at radius 3 is 2.00 bits per heavy atom. The smallest absolute Gasteiger partial charge is 0.282 e. The monoisotopic (exact) mass is 282 g/mol. The molecule has 3 aromatic rings. The summed E-state index contributed by atoms with van der Waals surface area (Å²) in [6.45, 7) is 0. The highest BCUT2D eigenvalue weighted by Crippen LogP contribution is 2.39. The Balaban J connectivity index is 2.14. The third-order valence-electron chi connectivity index (χ3n) is 3.75. The SMILES string of the molecule is O=S(=O)(O)c1ccc2c(c1)-c1ccc3ccc-2cc3c1. The summed E-state index contributed by atoms with van der Waals surface area (Å²) in [4.78, 5) is -0.0775. The van der Waals surface area contributed by atoms with Gasteiger partial charge < -0.3 is 0 Å². The van der Waals surface area contributed by atoms with Crippen LogP contribution >= 0.6 is 0 Å². The lowest BCUT2D eigenvalue weighted by Gasteiger charge is -2.09. The van der Waals surface area contributed by atoms with E-state index in [9.17, 15) is 13.0 Å². The molecule has 0 spiro atoms. The average Bonchev–Trinajstić information content (AvgIpc) is 2.48. The van der Waals surface area contributed by atoms with E-state index in [1.165, 1.54) is 12.1 Å². The Morgan fingerprint density at radius 1 is 0.700 bits per heavy atom. The zero-order valence-electron chi connectivity index (χ0n) is 10.4. The van der Waals surface area contributed by atoms with Crippen molar-refractivity contribution in [2.24, 2.45) is 0 Å². The topological polar surface area (TPSA) is 54.4 Å². The van der Waals surface area contributed by atoms with Gasteiger partial charge in [0.05, 0.1) is 4.90 Å². The molecule has 1 aliphatic rings. The van der Waals surface area contributed by atoms with E-state index in [0.29, 0.717) is 0 Å². The molecule has 0 amide bonds. The van der Waals surface area contributed by atoms with Crippen LogP contribution in [0.15, 0.2) is 59.5 Å². The minimum Gasteiger partial charge on any atom is -0.282 e. The molecule has 1 aliphatic carbocycles. The summed E-state index contributed by atoms with van der Waals surface area (Å²) in [6, 6.07) is 16.9. The summed E-state index contributed by atoms with van der Waals surface area (Å²) in [5.74, 6) is 0. The normalized spacial score (nSPS) is 12.7. The molecule has 0 radical (unpaired) electrons. The van der Waals surface area contributed by atoms with Gasteiger partial charge >= 0.3 is 0 Å². The standard InChI is InChI=1S/C16H10O3S/c17-20(18,19)14-5-6-15-11-3-1-10-2-4-12(16(15)9-14)8-13(10)7-11/h1-9H,(H,17,18,19). The van der Waals surface area contributed by atoms with Crippen molar-refractivity contribution >= 4 is 20.9 Å². The predicted molar refractivity (Wildman–Crippen MR) is 78.2 cm³/mol. The minimum atomic E-state index is -4.19. The van der Waals surface area contributed by atoms with Crippen LogP contribution in [0.5, 0.6) is 0 Å². The molecule has 98 valence electrons. The Bertz CT molecular complexity index is 972. The number of hydrogen-bond acceptors (Lipinski definition) is 2. The number of benzene rings is 3. The highest BCUT2D eigenvalue weighted by atomic mass is 32.2. The van der Waals surface area contributed by atoms with Crippen molar-refractivity contribution in [2.45, 2.75) is 4.90 Å². The van der Waals surface area contributed by atoms with E-state index < -0.39 is 10.1 Å². The maximum atomic E-state index is 11.3. The summed E-state index contributed by atoms with van der Waals surface area (Å²) in [7, 11) is -4.19. The Labute approximate surface area is 116 Å². The molecule has 0 atom stereocenters. The van der Waals surface area contributed by atoms with Crippen LogP contribution in [0.3, 0.4) is 0 Å². The first-order chi connectivity index (χ1) is 9.52. The molecule has 1 N–H and O–H groups in total. The molecule has 0 saturated heterocycles. The first-order valence-corrected chi connectivity index (χ1v) is 7.62. The van der Waals surface area contributed by atoms with E-state index in [1.54, 1.807) is 6.07 Å². The second-order valence-electron chi connectivity index (χ2n) is 4.96. The zero-order chi connectivity index (χ0) is 13.9. The molecule has 4 heteroatoms. The van der Waals surface area contributed by atoms with Gasteiger partial charge in [0, 0.05) is 0 Å². The summed E-state index contributed by atoms with van der Waals surface area (Å²) >= 11 is 0. The van der Waals surface area contributed by atoms with Gasteiger partial charge in [-0.2, -0.15) is 8.42 Å². The highest BCUT2D eigenvalue weighted by Gasteiger charge is 2.17. The number of hydrogen-bond donors (Lipinski definition) is 1. The van der Waals surface area contributed by atoms with Crippen LogP contribution in [-0.2, 0) is 10.1 Å². The van der Waals surface area contributed by atoms with Crippen LogP contribution in [-0.4, -0.2) is 13.0 Å². The Morgan fingerprint density at radius 2 is 1.35 bits per heavy atom. The van der Waals surface area contributed by atoms with Gasteiger partial charge in [0.1, 0.15) is 0 Å². The molecular weight excluding hydrogens is 272 g/mol. The van der Waals surface area contributed by atoms with Crippen molar-refractivity contribution in [1.82, 2.24) is 0 Å². The van der Waals surface area contributed by atoms with Gasteiger partial charge in [-0.05, 0) is 57.3 Å². The number of rotatable bonds is 1. The molecule has 4 rings (SSSR count). The lowest BCUT2D eigenvalue weighted by Crippen LogP contribution is -1.98. The lowest BCUT2D eigenvalue weighted by atomic mass is 9.98. The second kappa shape index (κ2) is 3.69. The van der Waals surface area contributed by atoms with Crippen molar-refractivity contribution in [3.8, 4) is 22.3 Å².